The van der Waals surface area contributed by atoms with Crippen LogP contribution in [0.3, 0.4) is 0 Å². The van der Waals surface area contributed by atoms with E-state index in [1.807, 2.05) is 0 Å². The number of unbranched alkanes of at least 4 members (excludes halogenated alkanes) is 9. The van der Waals surface area contributed by atoms with Crippen molar-refractivity contribution >= 4 is 13.8 Å². The monoisotopic (exact) mass is 386 g/mol. The summed E-state index contributed by atoms with van der Waals surface area (Å²) in [6.07, 6.45) is 12.2. The fourth-order valence-corrected chi connectivity index (χ4v) is 3.02. The summed E-state index contributed by atoms with van der Waals surface area (Å²) in [7, 11) is -4.58. The second-order valence-electron chi connectivity index (χ2n) is 6.42. The smallest absolute Gasteiger partial charge is 0.462 e. The number of benzene rings is 1. The Morgan fingerprint density at radius 2 is 1.38 bits per heavy atom. The fraction of sp³-hybridized carbons (Fsp3) is 0.632. The first-order valence-corrected chi connectivity index (χ1v) is 11.0. The topological polar surface area (TPSA) is 93.1 Å². The van der Waals surface area contributed by atoms with Gasteiger partial charge in [-0.2, -0.15) is 0 Å². The highest BCUT2D eigenvalue weighted by Gasteiger charge is 2.16. The highest BCUT2D eigenvalue weighted by Crippen LogP contribution is 2.37. The first-order valence-electron chi connectivity index (χ1n) is 9.44. The SMILES string of the molecule is CCCCCCCCCCCCOC(=O)c1ccc(OP(=O)(O)O)cc1. The van der Waals surface area contributed by atoms with Gasteiger partial charge in [0.05, 0.1) is 12.2 Å². The molecule has 0 aliphatic heterocycles. The minimum atomic E-state index is -4.58. The van der Waals surface area contributed by atoms with Crippen LogP contribution in [0.15, 0.2) is 24.3 Å². The Balaban J connectivity index is 2.09. The van der Waals surface area contributed by atoms with Gasteiger partial charge in [0.1, 0.15) is 5.75 Å². The third-order valence-corrected chi connectivity index (χ3v) is 4.49. The Labute approximate surface area is 156 Å². The van der Waals surface area contributed by atoms with Gasteiger partial charge in [0.25, 0.3) is 0 Å². The van der Waals surface area contributed by atoms with E-state index >= 15 is 0 Å². The summed E-state index contributed by atoms with van der Waals surface area (Å²) in [6.45, 7) is 2.61. The molecule has 0 atom stereocenters. The summed E-state index contributed by atoms with van der Waals surface area (Å²) in [5.41, 5.74) is 0.329. The van der Waals surface area contributed by atoms with Gasteiger partial charge < -0.3 is 9.26 Å². The molecule has 0 spiro atoms. The summed E-state index contributed by atoms with van der Waals surface area (Å²) in [4.78, 5) is 29.3. The molecule has 0 aliphatic carbocycles. The minimum absolute atomic E-state index is 0.00424. The predicted octanol–water partition coefficient (Wildman–Crippen LogP) is 5.24. The Bertz CT molecular complexity index is 552. The van der Waals surface area contributed by atoms with Crippen LogP contribution in [0.1, 0.15) is 81.5 Å². The molecule has 0 aliphatic rings. The van der Waals surface area contributed by atoms with Crippen molar-refractivity contribution in [3.8, 4) is 5.75 Å². The Kier molecular flexibility index (Phi) is 11.3. The highest BCUT2D eigenvalue weighted by molar-refractivity contribution is 7.46. The van der Waals surface area contributed by atoms with Crippen molar-refractivity contribution in [1.82, 2.24) is 0 Å². The van der Waals surface area contributed by atoms with Gasteiger partial charge in [0.15, 0.2) is 0 Å². The maximum Gasteiger partial charge on any atom is 0.524 e. The van der Waals surface area contributed by atoms with Gasteiger partial charge in [-0.1, -0.05) is 64.7 Å². The molecule has 2 N–H and O–H groups in total. The van der Waals surface area contributed by atoms with E-state index in [1.54, 1.807) is 0 Å². The van der Waals surface area contributed by atoms with Crippen molar-refractivity contribution in [1.29, 1.82) is 0 Å². The molecule has 0 fully saturated rings. The standard InChI is InChI=1S/C19H31O6P/c1-2-3-4-5-6-7-8-9-10-11-16-24-19(20)17-12-14-18(15-13-17)25-26(21,22)23/h12-15H,2-11,16H2,1H3,(H2,21,22,23). The lowest BCUT2D eigenvalue weighted by Gasteiger charge is -2.08. The summed E-state index contributed by atoms with van der Waals surface area (Å²) in [5.74, 6) is -0.437. The molecule has 6 nitrogen and oxygen atoms in total. The normalized spacial score (nSPS) is 11.3. The largest absolute Gasteiger partial charge is 0.524 e. The molecule has 0 unspecified atom stereocenters. The van der Waals surface area contributed by atoms with Crippen molar-refractivity contribution in [2.24, 2.45) is 0 Å². The zero-order chi connectivity index (χ0) is 19.3. The molecular weight excluding hydrogens is 355 g/mol. The highest BCUT2D eigenvalue weighted by atomic mass is 31.2. The van der Waals surface area contributed by atoms with Crippen LogP contribution >= 0.6 is 7.82 Å². The fourth-order valence-electron chi connectivity index (χ4n) is 2.63. The van der Waals surface area contributed by atoms with E-state index in [2.05, 4.69) is 11.4 Å². The molecule has 0 amide bonds. The van der Waals surface area contributed by atoms with E-state index in [0.717, 1.165) is 12.8 Å². The summed E-state index contributed by atoms with van der Waals surface area (Å²) < 4.78 is 20.4. The number of carbonyl (C=O) groups is 1. The van der Waals surface area contributed by atoms with Crippen LogP contribution in [0.2, 0.25) is 0 Å². The van der Waals surface area contributed by atoms with E-state index < -0.39 is 13.8 Å². The van der Waals surface area contributed by atoms with E-state index in [4.69, 9.17) is 14.5 Å². The number of ether oxygens (including phenoxy) is 1. The average Bonchev–Trinajstić information content (AvgIpc) is 2.58. The van der Waals surface area contributed by atoms with Crippen LogP contribution in [-0.4, -0.2) is 22.4 Å². The van der Waals surface area contributed by atoms with Crippen molar-refractivity contribution in [2.45, 2.75) is 71.1 Å². The van der Waals surface area contributed by atoms with Crippen LogP contribution in [0, 0.1) is 0 Å². The Morgan fingerprint density at radius 1 is 0.885 bits per heavy atom. The molecule has 0 radical (unpaired) electrons. The lowest BCUT2D eigenvalue weighted by molar-refractivity contribution is 0.0497. The Hall–Kier alpha value is -1.36. The number of carbonyl (C=O) groups excluding carboxylic acids is 1. The van der Waals surface area contributed by atoms with Crippen LogP contribution < -0.4 is 4.52 Å². The second-order valence-corrected chi connectivity index (χ2v) is 7.59. The van der Waals surface area contributed by atoms with Gasteiger partial charge >= 0.3 is 13.8 Å². The maximum atomic E-state index is 11.9. The molecule has 0 saturated heterocycles. The number of rotatable bonds is 14. The van der Waals surface area contributed by atoms with Crippen molar-refractivity contribution < 1.29 is 28.4 Å². The quantitative estimate of drug-likeness (QED) is 0.258. The third kappa shape index (κ3) is 11.3. The van der Waals surface area contributed by atoms with Crippen molar-refractivity contribution in [3.63, 3.8) is 0 Å². The van der Waals surface area contributed by atoms with E-state index in [0.29, 0.717) is 12.2 Å². The average molecular weight is 386 g/mol. The first kappa shape index (κ1) is 22.7. The lowest BCUT2D eigenvalue weighted by Crippen LogP contribution is -2.06. The molecule has 7 heteroatoms. The number of hydrogen-bond acceptors (Lipinski definition) is 4. The molecule has 148 valence electrons. The van der Waals surface area contributed by atoms with E-state index in [9.17, 15) is 9.36 Å². The number of hydrogen-bond donors (Lipinski definition) is 2. The zero-order valence-electron chi connectivity index (χ0n) is 15.6. The lowest BCUT2D eigenvalue weighted by atomic mass is 10.1. The van der Waals surface area contributed by atoms with E-state index in [1.165, 1.54) is 75.6 Å². The van der Waals surface area contributed by atoms with Gasteiger partial charge in [-0.3, -0.25) is 9.79 Å². The van der Waals surface area contributed by atoms with Gasteiger partial charge in [-0.25, -0.2) is 9.36 Å². The summed E-state index contributed by atoms with van der Waals surface area (Å²) in [5, 5.41) is 0. The molecule has 0 bridgehead atoms. The number of phosphoric ester groups is 1. The van der Waals surface area contributed by atoms with Crippen LogP contribution in [0.4, 0.5) is 0 Å². The molecule has 0 saturated carbocycles. The van der Waals surface area contributed by atoms with E-state index in [-0.39, 0.29) is 5.75 Å². The molecule has 1 aromatic carbocycles. The number of phosphoric acid groups is 1. The summed E-state index contributed by atoms with van der Waals surface area (Å²) >= 11 is 0. The van der Waals surface area contributed by atoms with Crippen molar-refractivity contribution in [3.05, 3.63) is 29.8 Å². The third-order valence-electron chi connectivity index (χ3n) is 4.05. The second kappa shape index (κ2) is 12.9. The predicted molar refractivity (Wildman–Crippen MR) is 101 cm³/mol. The first-order chi connectivity index (χ1) is 12.4. The van der Waals surface area contributed by atoms with Gasteiger partial charge in [0, 0.05) is 0 Å². The van der Waals surface area contributed by atoms with Gasteiger partial charge in [-0.15, -0.1) is 0 Å². The zero-order valence-corrected chi connectivity index (χ0v) is 16.5. The minimum Gasteiger partial charge on any atom is -0.462 e. The molecule has 0 heterocycles. The summed E-state index contributed by atoms with van der Waals surface area (Å²) in [6, 6.07) is 5.50. The van der Waals surface area contributed by atoms with Crippen molar-refractivity contribution in [2.75, 3.05) is 6.61 Å². The molecular formula is C19H31O6P. The van der Waals surface area contributed by atoms with Gasteiger partial charge in [0.2, 0.25) is 0 Å². The molecule has 0 aromatic heterocycles. The van der Waals surface area contributed by atoms with Crippen LogP contribution in [-0.2, 0) is 9.30 Å². The Morgan fingerprint density at radius 3 is 1.88 bits per heavy atom. The maximum absolute atomic E-state index is 11.9. The molecule has 1 aromatic rings. The van der Waals surface area contributed by atoms with Crippen LogP contribution in [0.5, 0.6) is 5.75 Å². The van der Waals surface area contributed by atoms with Crippen LogP contribution in [0.25, 0.3) is 0 Å². The molecule has 26 heavy (non-hydrogen) atoms. The van der Waals surface area contributed by atoms with Gasteiger partial charge in [-0.05, 0) is 30.7 Å². The molecule has 1 rings (SSSR count). The number of esters is 1.